The molecule has 0 unspecified atom stereocenters. The Bertz CT molecular complexity index is 583. The highest BCUT2D eigenvalue weighted by molar-refractivity contribution is 5.70. The van der Waals surface area contributed by atoms with Crippen LogP contribution in [0.15, 0.2) is 28.8 Å². The van der Waals surface area contributed by atoms with Gasteiger partial charge in [-0.2, -0.15) is 4.98 Å². The first-order valence-electron chi connectivity index (χ1n) is 6.85. The Morgan fingerprint density at radius 2 is 1.86 bits per heavy atom. The van der Waals surface area contributed by atoms with Crippen LogP contribution in [0.1, 0.15) is 24.7 Å². The van der Waals surface area contributed by atoms with E-state index in [0.717, 1.165) is 11.4 Å². The first-order chi connectivity index (χ1) is 10.0. The Morgan fingerprint density at radius 1 is 1.19 bits per heavy atom. The minimum absolute atomic E-state index is 0.165. The Morgan fingerprint density at radius 3 is 2.48 bits per heavy atom. The van der Waals surface area contributed by atoms with E-state index in [2.05, 4.69) is 32.1 Å². The molecule has 2 aromatic rings. The predicted octanol–water partition coefficient (Wildman–Crippen LogP) is 2.48. The van der Waals surface area contributed by atoms with Gasteiger partial charge in [-0.1, -0.05) is 17.3 Å². The third-order valence-electron chi connectivity index (χ3n) is 3.35. The number of nitrogens with zero attached hydrogens (tertiary/aromatic N) is 4. The van der Waals surface area contributed by atoms with Crippen LogP contribution in [-0.4, -0.2) is 38.4 Å². The van der Waals surface area contributed by atoms with Crippen molar-refractivity contribution in [3.63, 3.8) is 0 Å². The molecule has 0 radical (unpaired) electrons. The molecular weight excluding hydrogens is 268 g/mol. The SMILES string of the molecule is CO[C@@H](C)c1noc(CN(C)c2ccccc2N(C)C)n1. The molecule has 1 atom stereocenters. The smallest absolute Gasteiger partial charge is 0.246 e. The maximum atomic E-state index is 5.28. The topological polar surface area (TPSA) is 54.6 Å². The summed E-state index contributed by atoms with van der Waals surface area (Å²) in [6.45, 7) is 2.44. The van der Waals surface area contributed by atoms with Crippen molar-refractivity contribution in [1.82, 2.24) is 10.1 Å². The quantitative estimate of drug-likeness (QED) is 0.814. The Balaban J connectivity index is 2.15. The van der Waals surface area contributed by atoms with Gasteiger partial charge in [0.1, 0.15) is 6.10 Å². The number of hydrogen-bond donors (Lipinski definition) is 0. The van der Waals surface area contributed by atoms with E-state index in [9.17, 15) is 0 Å². The second-order valence-corrected chi connectivity index (χ2v) is 5.16. The van der Waals surface area contributed by atoms with Crippen molar-refractivity contribution in [3.8, 4) is 0 Å². The lowest BCUT2D eigenvalue weighted by molar-refractivity contribution is 0.109. The second-order valence-electron chi connectivity index (χ2n) is 5.16. The zero-order valence-electron chi connectivity index (χ0n) is 13.2. The molecule has 1 aromatic heterocycles. The van der Waals surface area contributed by atoms with Gasteiger partial charge in [0.2, 0.25) is 5.89 Å². The zero-order chi connectivity index (χ0) is 15.4. The van der Waals surface area contributed by atoms with E-state index < -0.39 is 0 Å². The van der Waals surface area contributed by atoms with Gasteiger partial charge >= 0.3 is 0 Å². The molecule has 21 heavy (non-hydrogen) atoms. The molecule has 1 heterocycles. The Kier molecular flexibility index (Phi) is 4.80. The molecule has 2 rings (SSSR count). The van der Waals surface area contributed by atoms with E-state index in [4.69, 9.17) is 9.26 Å². The maximum absolute atomic E-state index is 5.28. The number of benzene rings is 1. The van der Waals surface area contributed by atoms with E-state index in [0.29, 0.717) is 18.3 Å². The number of methoxy groups -OCH3 is 1. The third-order valence-corrected chi connectivity index (χ3v) is 3.35. The number of rotatable bonds is 6. The molecule has 6 nitrogen and oxygen atoms in total. The van der Waals surface area contributed by atoms with Gasteiger partial charge in [0.05, 0.1) is 17.9 Å². The lowest BCUT2D eigenvalue weighted by Crippen LogP contribution is -2.20. The van der Waals surface area contributed by atoms with E-state index >= 15 is 0 Å². The molecule has 0 aliphatic heterocycles. The van der Waals surface area contributed by atoms with E-state index in [1.807, 2.05) is 40.2 Å². The normalized spacial score (nSPS) is 12.2. The lowest BCUT2D eigenvalue weighted by Gasteiger charge is -2.24. The summed E-state index contributed by atoms with van der Waals surface area (Å²) in [5, 5.41) is 3.94. The van der Waals surface area contributed by atoms with Gasteiger partial charge in [0.25, 0.3) is 0 Å². The van der Waals surface area contributed by atoms with Gasteiger partial charge in [-0.3, -0.25) is 0 Å². The molecule has 0 aliphatic rings. The average molecular weight is 290 g/mol. The molecule has 1 aromatic carbocycles. The minimum Gasteiger partial charge on any atom is -0.376 e. The molecular formula is C15H22N4O2. The molecule has 0 amide bonds. The molecule has 0 saturated carbocycles. The monoisotopic (exact) mass is 290 g/mol. The summed E-state index contributed by atoms with van der Waals surface area (Å²) in [4.78, 5) is 8.53. The minimum atomic E-state index is -0.165. The summed E-state index contributed by atoms with van der Waals surface area (Å²) in [7, 11) is 7.68. The van der Waals surface area contributed by atoms with Gasteiger partial charge in [-0.25, -0.2) is 0 Å². The number of aromatic nitrogens is 2. The van der Waals surface area contributed by atoms with Gasteiger partial charge in [-0.15, -0.1) is 0 Å². The van der Waals surface area contributed by atoms with E-state index in [-0.39, 0.29) is 6.10 Å². The molecule has 0 spiro atoms. The van der Waals surface area contributed by atoms with Crippen LogP contribution in [0.3, 0.4) is 0 Å². The van der Waals surface area contributed by atoms with Crippen LogP contribution >= 0.6 is 0 Å². The van der Waals surface area contributed by atoms with Crippen molar-refractivity contribution < 1.29 is 9.26 Å². The number of anilines is 2. The van der Waals surface area contributed by atoms with E-state index in [1.165, 1.54) is 0 Å². The molecule has 0 fully saturated rings. The van der Waals surface area contributed by atoms with Crippen LogP contribution in [-0.2, 0) is 11.3 Å². The lowest BCUT2D eigenvalue weighted by atomic mass is 10.2. The Hall–Kier alpha value is -2.08. The van der Waals surface area contributed by atoms with Crippen molar-refractivity contribution in [1.29, 1.82) is 0 Å². The van der Waals surface area contributed by atoms with Crippen molar-refractivity contribution in [2.24, 2.45) is 0 Å². The van der Waals surface area contributed by atoms with Crippen LogP contribution in [0, 0.1) is 0 Å². The van der Waals surface area contributed by atoms with Gasteiger partial charge in [-0.05, 0) is 19.1 Å². The first kappa shape index (κ1) is 15.3. The van der Waals surface area contributed by atoms with Crippen molar-refractivity contribution >= 4 is 11.4 Å². The van der Waals surface area contributed by atoms with Crippen molar-refractivity contribution in [2.45, 2.75) is 19.6 Å². The number of ether oxygens (including phenoxy) is 1. The maximum Gasteiger partial charge on any atom is 0.246 e. The second kappa shape index (κ2) is 6.58. The van der Waals surface area contributed by atoms with Crippen molar-refractivity contribution in [3.05, 3.63) is 36.0 Å². The van der Waals surface area contributed by atoms with Crippen LogP contribution in [0.5, 0.6) is 0 Å². The van der Waals surface area contributed by atoms with E-state index in [1.54, 1.807) is 7.11 Å². The highest BCUT2D eigenvalue weighted by Crippen LogP contribution is 2.27. The first-order valence-corrected chi connectivity index (χ1v) is 6.85. The summed E-state index contributed by atoms with van der Waals surface area (Å²) < 4.78 is 10.5. The summed E-state index contributed by atoms with van der Waals surface area (Å²) in [6, 6.07) is 8.20. The molecule has 0 saturated heterocycles. The summed E-state index contributed by atoms with van der Waals surface area (Å²) >= 11 is 0. The van der Waals surface area contributed by atoms with Gasteiger partial charge in [0.15, 0.2) is 5.82 Å². The van der Waals surface area contributed by atoms with Gasteiger partial charge < -0.3 is 19.1 Å². The third kappa shape index (κ3) is 3.52. The molecule has 6 heteroatoms. The zero-order valence-corrected chi connectivity index (χ0v) is 13.2. The fraction of sp³-hybridized carbons (Fsp3) is 0.467. The standard InChI is InChI=1S/C15H22N4O2/c1-11(20-5)15-16-14(21-17-15)10-19(4)13-9-7-6-8-12(13)18(2)3/h6-9,11H,10H2,1-5H3/t11-/m0/s1. The molecule has 0 aliphatic carbocycles. The van der Waals surface area contributed by atoms with Crippen LogP contribution in [0.25, 0.3) is 0 Å². The van der Waals surface area contributed by atoms with Crippen LogP contribution in [0.2, 0.25) is 0 Å². The van der Waals surface area contributed by atoms with Crippen LogP contribution in [0.4, 0.5) is 11.4 Å². The largest absolute Gasteiger partial charge is 0.376 e. The van der Waals surface area contributed by atoms with Crippen LogP contribution < -0.4 is 9.80 Å². The predicted molar refractivity (Wildman–Crippen MR) is 82.6 cm³/mol. The van der Waals surface area contributed by atoms with Gasteiger partial charge in [0, 0.05) is 28.3 Å². The van der Waals surface area contributed by atoms with Crippen molar-refractivity contribution in [2.75, 3.05) is 38.1 Å². The summed E-state index contributed by atoms with van der Waals surface area (Å²) in [5.74, 6) is 1.15. The number of para-hydroxylation sites is 2. The number of hydrogen-bond acceptors (Lipinski definition) is 6. The average Bonchev–Trinajstić information content (AvgIpc) is 2.94. The fourth-order valence-electron chi connectivity index (χ4n) is 2.06. The fourth-order valence-corrected chi connectivity index (χ4v) is 2.06. The summed E-state index contributed by atoms with van der Waals surface area (Å²) in [5.41, 5.74) is 2.26. The molecule has 0 bridgehead atoms. The Labute approximate surface area is 125 Å². The molecule has 0 N–H and O–H groups in total. The highest BCUT2D eigenvalue weighted by Gasteiger charge is 2.16. The summed E-state index contributed by atoms with van der Waals surface area (Å²) in [6.07, 6.45) is -0.165. The highest BCUT2D eigenvalue weighted by atomic mass is 16.5. The molecule has 114 valence electrons.